The van der Waals surface area contributed by atoms with E-state index in [4.69, 9.17) is 13.9 Å². The monoisotopic (exact) mass is 409 g/mol. The number of hydrogen-bond acceptors (Lipinski definition) is 7. The van der Waals surface area contributed by atoms with Gasteiger partial charge in [-0.05, 0) is 49.6 Å². The van der Waals surface area contributed by atoms with Crippen molar-refractivity contribution in [3.8, 4) is 23.0 Å². The van der Waals surface area contributed by atoms with E-state index in [0.29, 0.717) is 22.6 Å². The quantitative estimate of drug-likeness (QED) is 0.604. The molecule has 0 bridgehead atoms. The van der Waals surface area contributed by atoms with E-state index >= 15 is 0 Å². The lowest BCUT2D eigenvalue weighted by Gasteiger charge is -2.31. The van der Waals surface area contributed by atoms with Crippen molar-refractivity contribution in [2.45, 2.75) is 30.2 Å². The summed E-state index contributed by atoms with van der Waals surface area (Å²) in [5, 5.41) is 8.24. The largest absolute Gasteiger partial charge is 0.454 e. The number of hydrogen-bond donors (Lipinski definition) is 0. The van der Waals surface area contributed by atoms with Crippen molar-refractivity contribution in [1.29, 1.82) is 0 Å². The number of carbonyl (C=O) groups excluding carboxylic acids is 1. The normalized spacial score (nSPS) is 15.8. The first-order valence-electron chi connectivity index (χ1n) is 9.48. The van der Waals surface area contributed by atoms with Gasteiger partial charge in [0.25, 0.3) is 5.22 Å². The number of fused-ring (bicyclic) bond motifs is 2. The number of aromatic nitrogens is 2. The van der Waals surface area contributed by atoms with Crippen molar-refractivity contribution < 1.29 is 18.7 Å². The standard InChI is InChI=1S/C21H19N3O4S/c1-13(20(25)24-10-4-6-14-5-2-3-7-16(14)24)29-21-23-22-19(28-21)15-8-9-17-18(11-15)27-12-26-17/h2-3,5,7-9,11,13H,4,6,10,12H2,1H3/t13-/m1/s1. The second-order valence-electron chi connectivity index (χ2n) is 6.92. The summed E-state index contributed by atoms with van der Waals surface area (Å²) in [6.07, 6.45) is 1.97. The molecule has 2 aromatic carbocycles. The van der Waals surface area contributed by atoms with Crippen LogP contribution in [0.2, 0.25) is 0 Å². The number of thioether (sulfide) groups is 1. The van der Waals surface area contributed by atoms with E-state index < -0.39 is 0 Å². The highest BCUT2D eigenvalue weighted by Crippen LogP contribution is 2.36. The smallest absolute Gasteiger partial charge is 0.277 e. The Hall–Kier alpha value is -3.00. The van der Waals surface area contributed by atoms with Crippen LogP contribution in [0.15, 0.2) is 52.1 Å². The van der Waals surface area contributed by atoms with Gasteiger partial charge in [-0.25, -0.2) is 0 Å². The first-order chi connectivity index (χ1) is 14.2. The molecule has 0 saturated heterocycles. The molecular formula is C21H19N3O4S. The van der Waals surface area contributed by atoms with Gasteiger partial charge in [-0.2, -0.15) is 0 Å². The van der Waals surface area contributed by atoms with Crippen molar-refractivity contribution >= 4 is 23.4 Å². The van der Waals surface area contributed by atoms with E-state index in [-0.39, 0.29) is 18.0 Å². The van der Waals surface area contributed by atoms with Crippen LogP contribution in [0.5, 0.6) is 11.5 Å². The third kappa shape index (κ3) is 3.44. The zero-order valence-electron chi connectivity index (χ0n) is 15.8. The van der Waals surface area contributed by atoms with E-state index in [1.54, 1.807) is 0 Å². The van der Waals surface area contributed by atoms with E-state index in [1.807, 2.05) is 48.2 Å². The summed E-state index contributed by atoms with van der Waals surface area (Å²) < 4.78 is 16.5. The molecule has 0 spiro atoms. The average Bonchev–Trinajstić information content (AvgIpc) is 3.41. The van der Waals surface area contributed by atoms with E-state index in [9.17, 15) is 4.79 Å². The molecule has 0 aliphatic carbocycles. The summed E-state index contributed by atoms with van der Waals surface area (Å²) in [5.41, 5.74) is 2.97. The number of rotatable bonds is 4. The van der Waals surface area contributed by atoms with Crippen LogP contribution < -0.4 is 14.4 Å². The molecule has 7 nitrogen and oxygen atoms in total. The Bertz CT molecular complexity index is 1070. The van der Waals surface area contributed by atoms with E-state index in [0.717, 1.165) is 30.6 Å². The second kappa shape index (κ2) is 7.44. The maximum atomic E-state index is 13.1. The number of anilines is 1. The summed E-state index contributed by atoms with van der Waals surface area (Å²) in [7, 11) is 0. The highest BCUT2D eigenvalue weighted by Gasteiger charge is 2.28. The molecule has 2 aliphatic rings. The molecule has 0 radical (unpaired) electrons. The Balaban J connectivity index is 1.31. The summed E-state index contributed by atoms with van der Waals surface area (Å²) in [5.74, 6) is 1.78. The Morgan fingerprint density at radius 2 is 2.00 bits per heavy atom. The molecule has 1 atom stereocenters. The van der Waals surface area contributed by atoms with Crippen LogP contribution in [-0.2, 0) is 11.2 Å². The number of nitrogens with zero attached hydrogens (tertiary/aromatic N) is 3. The highest BCUT2D eigenvalue weighted by atomic mass is 32.2. The molecule has 8 heteroatoms. The number of para-hydroxylation sites is 1. The van der Waals surface area contributed by atoms with Gasteiger partial charge in [-0.15, -0.1) is 10.2 Å². The number of carbonyl (C=O) groups is 1. The van der Waals surface area contributed by atoms with Crippen LogP contribution >= 0.6 is 11.8 Å². The predicted molar refractivity (Wildman–Crippen MR) is 108 cm³/mol. The molecule has 2 aliphatic heterocycles. The molecule has 0 N–H and O–H groups in total. The SMILES string of the molecule is C[C@@H](Sc1nnc(-c2ccc3c(c2)OCO3)o1)C(=O)N1CCCc2ccccc21. The summed E-state index contributed by atoms with van der Waals surface area (Å²) in [6.45, 7) is 2.81. The average molecular weight is 409 g/mol. The summed E-state index contributed by atoms with van der Waals surface area (Å²) >= 11 is 1.27. The van der Waals surface area contributed by atoms with Gasteiger partial charge in [0.2, 0.25) is 18.6 Å². The Kier molecular flexibility index (Phi) is 4.63. The fourth-order valence-electron chi connectivity index (χ4n) is 3.59. The maximum absolute atomic E-state index is 13.1. The first-order valence-corrected chi connectivity index (χ1v) is 10.4. The number of aryl methyl sites for hydroxylation is 1. The topological polar surface area (TPSA) is 77.7 Å². The Labute approximate surface area is 172 Å². The van der Waals surface area contributed by atoms with Gasteiger partial charge < -0.3 is 18.8 Å². The van der Waals surface area contributed by atoms with Gasteiger partial charge in [-0.3, -0.25) is 4.79 Å². The van der Waals surface area contributed by atoms with Crippen LogP contribution in [0.4, 0.5) is 5.69 Å². The molecule has 0 unspecified atom stereocenters. The van der Waals surface area contributed by atoms with E-state index in [2.05, 4.69) is 16.3 Å². The molecular weight excluding hydrogens is 390 g/mol. The fourth-order valence-corrected chi connectivity index (χ4v) is 4.33. The van der Waals surface area contributed by atoms with Gasteiger partial charge in [-0.1, -0.05) is 30.0 Å². The van der Waals surface area contributed by atoms with Crippen molar-refractivity contribution in [1.82, 2.24) is 10.2 Å². The Morgan fingerprint density at radius 1 is 1.14 bits per heavy atom. The Morgan fingerprint density at radius 3 is 2.93 bits per heavy atom. The third-order valence-corrected chi connectivity index (χ3v) is 5.95. The lowest BCUT2D eigenvalue weighted by atomic mass is 10.0. The third-order valence-electron chi connectivity index (χ3n) is 5.03. The van der Waals surface area contributed by atoms with Crippen molar-refractivity contribution in [3.05, 3.63) is 48.0 Å². The van der Waals surface area contributed by atoms with Crippen molar-refractivity contribution in [2.24, 2.45) is 0 Å². The van der Waals surface area contributed by atoms with Gasteiger partial charge >= 0.3 is 0 Å². The first kappa shape index (κ1) is 18.1. The number of benzene rings is 2. The predicted octanol–water partition coefficient (Wildman–Crippen LogP) is 3.93. The van der Waals surface area contributed by atoms with Gasteiger partial charge in [0.15, 0.2) is 11.5 Å². The maximum Gasteiger partial charge on any atom is 0.277 e. The molecule has 1 amide bonds. The van der Waals surface area contributed by atoms with Gasteiger partial charge in [0, 0.05) is 17.8 Å². The molecule has 148 valence electrons. The lowest BCUT2D eigenvalue weighted by molar-refractivity contribution is -0.117. The summed E-state index contributed by atoms with van der Waals surface area (Å²) in [6, 6.07) is 13.5. The summed E-state index contributed by atoms with van der Waals surface area (Å²) in [4.78, 5) is 14.9. The second-order valence-corrected chi connectivity index (χ2v) is 8.22. The fraction of sp³-hybridized carbons (Fsp3) is 0.286. The van der Waals surface area contributed by atoms with Gasteiger partial charge in [0.1, 0.15) is 0 Å². The zero-order valence-corrected chi connectivity index (χ0v) is 16.6. The van der Waals surface area contributed by atoms with Crippen LogP contribution in [0.3, 0.4) is 0 Å². The van der Waals surface area contributed by atoms with Crippen LogP contribution in [0.25, 0.3) is 11.5 Å². The number of amides is 1. The molecule has 0 saturated carbocycles. The molecule has 5 rings (SSSR count). The minimum Gasteiger partial charge on any atom is -0.454 e. The van der Waals surface area contributed by atoms with Gasteiger partial charge in [0.05, 0.1) is 5.25 Å². The number of ether oxygens (including phenoxy) is 2. The van der Waals surface area contributed by atoms with Crippen molar-refractivity contribution in [2.75, 3.05) is 18.2 Å². The zero-order chi connectivity index (χ0) is 19.8. The minimum absolute atomic E-state index is 0.0463. The molecule has 0 fully saturated rings. The molecule has 3 aromatic rings. The minimum atomic E-state index is -0.341. The molecule has 3 heterocycles. The van der Waals surface area contributed by atoms with Crippen LogP contribution in [-0.4, -0.2) is 34.7 Å². The van der Waals surface area contributed by atoms with E-state index in [1.165, 1.54) is 17.3 Å². The highest BCUT2D eigenvalue weighted by molar-refractivity contribution is 8.00. The van der Waals surface area contributed by atoms with Crippen molar-refractivity contribution in [3.63, 3.8) is 0 Å². The van der Waals surface area contributed by atoms with Crippen LogP contribution in [0, 0.1) is 0 Å². The lowest BCUT2D eigenvalue weighted by Crippen LogP contribution is -2.40. The molecule has 1 aromatic heterocycles. The molecule has 29 heavy (non-hydrogen) atoms. The van der Waals surface area contributed by atoms with Crippen LogP contribution in [0.1, 0.15) is 18.9 Å².